The lowest BCUT2D eigenvalue weighted by Gasteiger charge is -2.34. The van der Waals surface area contributed by atoms with Gasteiger partial charge in [0, 0.05) is 45.5 Å². The normalized spacial score (nSPS) is 18.2. The molecule has 158 valence electrons. The standard InChI is InChI=1S/C23H28FN5O/c24-20-6-7-23(26-19-20)28-12-8-21(9-13-28)30-18-4-3-11-27-14-16-29(17-15-27)22-5-1-2-10-25-22/h1-2,5-7,10,19,21H,8-9,11-18H2. The molecule has 2 aliphatic rings. The summed E-state index contributed by atoms with van der Waals surface area (Å²) >= 11 is 0. The van der Waals surface area contributed by atoms with Crippen LogP contribution >= 0.6 is 0 Å². The minimum atomic E-state index is -0.300. The van der Waals surface area contributed by atoms with Crippen LogP contribution in [0.2, 0.25) is 0 Å². The summed E-state index contributed by atoms with van der Waals surface area (Å²) in [5.41, 5.74) is 0. The Morgan fingerprint density at radius 3 is 2.37 bits per heavy atom. The lowest BCUT2D eigenvalue weighted by atomic mass is 10.1. The Kier molecular flexibility index (Phi) is 7.11. The van der Waals surface area contributed by atoms with Crippen molar-refractivity contribution >= 4 is 11.6 Å². The van der Waals surface area contributed by atoms with Crippen molar-refractivity contribution in [1.82, 2.24) is 14.9 Å². The fourth-order valence-electron chi connectivity index (χ4n) is 3.86. The molecule has 0 bridgehead atoms. The fourth-order valence-corrected chi connectivity index (χ4v) is 3.86. The molecule has 0 aliphatic carbocycles. The molecule has 0 spiro atoms. The minimum Gasteiger partial charge on any atom is -0.365 e. The number of piperazine rings is 1. The lowest BCUT2D eigenvalue weighted by Crippen LogP contribution is -2.46. The minimum absolute atomic E-state index is 0.234. The molecular weight excluding hydrogens is 381 g/mol. The zero-order valence-corrected chi connectivity index (χ0v) is 17.2. The number of hydrogen-bond donors (Lipinski definition) is 0. The number of aromatic nitrogens is 2. The second-order valence-corrected chi connectivity index (χ2v) is 7.64. The van der Waals surface area contributed by atoms with Crippen molar-refractivity contribution in [2.45, 2.75) is 18.9 Å². The van der Waals surface area contributed by atoms with Crippen LogP contribution in [0.15, 0.2) is 42.7 Å². The van der Waals surface area contributed by atoms with Crippen LogP contribution in [0.25, 0.3) is 0 Å². The second-order valence-electron chi connectivity index (χ2n) is 7.64. The zero-order chi connectivity index (χ0) is 20.6. The van der Waals surface area contributed by atoms with Crippen LogP contribution in [0.4, 0.5) is 16.0 Å². The van der Waals surface area contributed by atoms with Gasteiger partial charge in [-0.3, -0.25) is 4.90 Å². The maximum absolute atomic E-state index is 13.0. The van der Waals surface area contributed by atoms with E-state index in [1.165, 1.54) is 12.3 Å². The molecule has 0 aromatic carbocycles. The average molecular weight is 410 g/mol. The van der Waals surface area contributed by atoms with Crippen LogP contribution in [0.3, 0.4) is 0 Å². The van der Waals surface area contributed by atoms with E-state index >= 15 is 0 Å². The molecule has 0 saturated carbocycles. The van der Waals surface area contributed by atoms with Crippen molar-refractivity contribution in [2.24, 2.45) is 0 Å². The average Bonchev–Trinajstić information content (AvgIpc) is 2.81. The Morgan fingerprint density at radius 1 is 0.900 bits per heavy atom. The fraction of sp³-hybridized carbons (Fsp3) is 0.478. The molecule has 0 N–H and O–H groups in total. The van der Waals surface area contributed by atoms with Gasteiger partial charge in [0.05, 0.1) is 18.8 Å². The van der Waals surface area contributed by atoms with Crippen LogP contribution < -0.4 is 9.80 Å². The largest absolute Gasteiger partial charge is 0.365 e. The van der Waals surface area contributed by atoms with Crippen molar-refractivity contribution in [3.63, 3.8) is 0 Å². The molecule has 0 atom stereocenters. The van der Waals surface area contributed by atoms with Gasteiger partial charge in [-0.05, 0) is 37.1 Å². The summed E-state index contributed by atoms with van der Waals surface area (Å²) in [4.78, 5) is 15.5. The Balaban J connectivity index is 1.11. The van der Waals surface area contributed by atoms with E-state index in [9.17, 15) is 4.39 Å². The number of piperidine rings is 1. The summed E-state index contributed by atoms with van der Waals surface area (Å²) in [7, 11) is 0. The molecule has 2 aliphatic heterocycles. The molecule has 0 unspecified atom stereocenters. The lowest BCUT2D eigenvalue weighted by molar-refractivity contribution is 0.0593. The summed E-state index contributed by atoms with van der Waals surface area (Å²) in [6.07, 6.45) is 5.23. The predicted octanol–water partition coefficient (Wildman–Crippen LogP) is 2.43. The van der Waals surface area contributed by atoms with Crippen LogP contribution in [0.5, 0.6) is 0 Å². The third-order valence-corrected chi connectivity index (χ3v) is 5.64. The van der Waals surface area contributed by atoms with Gasteiger partial charge in [0.15, 0.2) is 0 Å². The molecule has 4 rings (SSSR count). The monoisotopic (exact) mass is 409 g/mol. The van der Waals surface area contributed by atoms with Gasteiger partial charge in [-0.15, -0.1) is 0 Å². The van der Waals surface area contributed by atoms with E-state index < -0.39 is 0 Å². The number of halogens is 1. The van der Waals surface area contributed by atoms with Gasteiger partial charge in [-0.25, -0.2) is 14.4 Å². The molecular formula is C23H28FN5O. The molecule has 0 radical (unpaired) electrons. The quantitative estimate of drug-likeness (QED) is 0.707. The second kappa shape index (κ2) is 10.4. The highest BCUT2D eigenvalue weighted by atomic mass is 19.1. The number of ether oxygens (including phenoxy) is 1. The van der Waals surface area contributed by atoms with Crippen LogP contribution in [-0.2, 0) is 4.74 Å². The first kappa shape index (κ1) is 20.6. The first-order valence-corrected chi connectivity index (χ1v) is 10.6. The van der Waals surface area contributed by atoms with E-state index in [0.717, 1.165) is 70.3 Å². The molecule has 0 amide bonds. The third kappa shape index (κ3) is 5.68. The van der Waals surface area contributed by atoms with Gasteiger partial charge < -0.3 is 14.5 Å². The molecule has 2 aromatic rings. The highest BCUT2D eigenvalue weighted by Gasteiger charge is 2.20. The number of anilines is 2. The van der Waals surface area contributed by atoms with E-state index in [1.807, 2.05) is 18.3 Å². The van der Waals surface area contributed by atoms with Gasteiger partial charge in [0.25, 0.3) is 0 Å². The SMILES string of the molecule is Fc1ccc(N2CCC(OCC#CCN3CCN(c4ccccn4)CC3)CC2)nc1. The zero-order valence-electron chi connectivity index (χ0n) is 17.2. The van der Waals surface area contributed by atoms with Crippen molar-refractivity contribution in [3.05, 3.63) is 48.5 Å². The molecule has 2 saturated heterocycles. The van der Waals surface area contributed by atoms with Gasteiger partial charge >= 0.3 is 0 Å². The van der Waals surface area contributed by atoms with Crippen molar-refractivity contribution < 1.29 is 9.13 Å². The number of rotatable bonds is 5. The highest BCUT2D eigenvalue weighted by molar-refractivity contribution is 5.39. The van der Waals surface area contributed by atoms with E-state index in [4.69, 9.17) is 4.74 Å². The summed E-state index contributed by atoms with van der Waals surface area (Å²) in [6.45, 7) is 6.98. The Morgan fingerprint density at radius 2 is 1.67 bits per heavy atom. The molecule has 6 nitrogen and oxygen atoms in total. The Hall–Kier alpha value is -2.69. The van der Waals surface area contributed by atoms with Crippen molar-refractivity contribution in [1.29, 1.82) is 0 Å². The van der Waals surface area contributed by atoms with Crippen LogP contribution in [0.1, 0.15) is 12.8 Å². The predicted molar refractivity (Wildman–Crippen MR) is 116 cm³/mol. The number of hydrogen-bond acceptors (Lipinski definition) is 6. The number of nitrogens with zero attached hydrogens (tertiary/aromatic N) is 5. The molecule has 2 fully saturated rings. The van der Waals surface area contributed by atoms with E-state index in [-0.39, 0.29) is 11.9 Å². The van der Waals surface area contributed by atoms with Gasteiger partial charge in [-0.2, -0.15) is 0 Å². The van der Waals surface area contributed by atoms with E-state index in [1.54, 1.807) is 6.07 Å². The molecule has 2 aromatic heterocycles. The first-order chi connectivity index (χ1) is 14.8. The summed E-state index contributed by atoms with van der Waals surface area (Å²) in [5, 5.41) is 0. The number of pyridine rings is 2. The van der Waals surface area contributed by atoms with E-state index in [2.05, 4.69) is 42.6 Å². The van der Waals surface area contributed by atoms with Gasteiger partial charge in [0.2, 0.25) is 0 Å². The summed E-state index contributed by atoms with van der Waals surface area (Å²) in [5.74, 6) is 8.00. The van der Waals surface area contributed by atoms with Gasteiger partial charge in [0.1, 0.15) is 24.1 Å². The maximum Gasteiger partial charge on any atom is 0.141 e. The Bertz CT molecular complexity index is 835. The topological polar surface area (TPSA) is 44.7 Å². The highest BCUT2D eigenvalue weighted by Crippen LogP contribution is 2.19. The first-order valence-electron chi connectivity index (χ1n) is 10.6. The molecule has 7 heteroatoms. The third-order valence-electron chi connectivity index (χ3n) is 5.64. The molecule has 4 heterocycles. The van der Waals surface area contributed by atoms with Crippen molar-refractivity contribution in [2.75, 3.05) is 62.2 Å². The maximum atomic E-state index is 13.0. The molecule has 30 heavy (non-hydrogen) atoms. The van der Waals surface area contributed by atoms with E-state index in [0.29, 0.717) is 6.61 Å². The smallest absolute Gasteiger partial charge is 0.141 e. The van der Waals surface area contributed by atoms with Crippen LogP contribution in [0, 0.1) is 17.7 Å². The summed E-state index contributed by atoms with van der Waals surface area (Å²) in [6, 6.07) is 9.23. The Labute approximate surface area is 177 Å². The van der Waals surface area contributed by atoms with Gasteiger partial charge in [-0.1, -0.05) is 17.9 Å². The van der Waals surface area contributed by atoms with Crippen LogP contribution in [-0.4, -0.2) is 73.4 Å². The van der Waals surface area contributed by atoms with Crippen molar-refractivity contribution in [3.8, 4) is 11.8 Å². The summed E-state index contributed by atoms with van der Waals surface area (Å²) < 4.78 is 18.9.